The van der Waals surface area contributed by atoms with Gasteiger partial charge in [0.2, 0.25) is 11.9 Å². The number of carbonyl (C=O) groups is 2. The Kier molecular flexibility index (Phi) is 5.66. The predicted octanol–water partition coefficient (Wildman–Crippen LogP) is 3.00. The van der Waals surface area contributed by atoms with Crippen molar-refractivity contribution in [1.29, 1.82) is 0 Å². The standard InChI is InChI=1S/C20H18BrN5O4/c1-29-17-8-12(15-9-18(27)25-20-22-11-23-26(15)20)2-7-16(17)30-10-19(28)24-14-5-3-13(21)4-6-14/h2-8,11,15H,9-10H2,1H3,(H,24,28)(H,22,23,25,27)/t15-/m0/s1. The van der Waals surface area contributed by atoms with Gasteiger partial charge < -0.3 is 14.8 Å². The van der Waals surface area contributed by atoms with E-state index in [1.807, 2.05) is 18.2 Å². The number of methoxy groups -OCH3 is 1. The van der Waals surface area contributed by atoms with Gasteiger partial charge in [-0.05, 0) is 42.0 Å². The summed E-state index contributed by atoms with van der Waals surface area (Å²) >= 11 is 3.35. The third-order valence-electron chi connectivity index (χ3n) is 4.56. The van der Waals surface area contributed by atoms with Crippen molar-refractivity contribution < 1.29 is 19.1 Å². The van der Waals surface area contributed by atoms with Crippen molar-refractivity contribution in [1.82, 2.24) is 14.8 Å². The lowest BCUT2D eigenvalue weighted by Crippen LogP contribution is -2.29. The Morgan fingerprint density at radius 3 is 2.83 bits per heavy atom. The summed E-state index contributed by atoms with van der Waals surface area (Å²) in [5, 5.41) is 9.64. The molecule has 30 heavy (non-hydrogen) atoms. The molecule has 1 aliphatic rings. The summed E-state index contributed by atoms with van der Waals surface area (Å²) in [6, 6.07) is 12.3. The molecule has 10 heteroatoms. The van der Waals surface area contributed by atoms with E-state index in [2.05, 4.69) is 36.6 Å². The lowest BCUT2D eigenvalue weighted by atomic mass is 10.0. The number of halogens is 1. The van der Waals surface area contributed by atoms with Gasteiger partial charge in [-0.3, -0.25) is 14.9 Å². The molecule has 154 valence electrons. The second-order valence-electron chi connectivity index (χ2n) is 6.55. The van der Waals surface area contributed by atoms with Crippen molar-refractivity contribution >= 4 is 39.4 Å². The molecule has 2 aromatic carbocycles. The highest BCUT2D eigenvalue weighted by molar-refractivity contribution is 9.10. The minimum atomic E-state index is -0.306. The van der Waals surface area contributed by atoms with Gasteiger partial charge in [-0.15, -0.1) is 0 Å². The third kappa shape index (κ3) is 4.28. The van der Waals surface area contributed by atoms with Crippen LogP contribution in [0, 0.1) is 0 Å². The second-order valence-corrected chi connectivity index (χ2v) is 7.47. The monoisotopic (exact) mass is 471 g/mol. The molecule has 0 radical (unpaired) electrons. The normalized spacial score (nSPS) is 15.1. The van der Waals surface area contributed by atoms with Gasteiger partial charge in [0.15, 0.2) is 18.1 Å². The summed E-state index contributed by atoms with van der Waals surface area (Å²) in [6.07, 6.45) is 1.63. The Balaban J connectivity index is 1.46. The predicted molar refractivity (Wildman–Crippen MR) is 113 cm³/mol. The van der Waals surface area contributed by atoms with Gasteiger partial charge >= 0.3 is 0 Å². The zero-order valence-electron chi connectivity index (χ0n) is 16.0. The van der Waals surface area contributed by atoms with E-state index in [9.17, 15) is 9.59 Å². The molecule has 0 bridgehead atoms. The molecule has 0 saturated heterocycles. The fourth-order valence-corrected chi connectivity index (χ4v) is 3.41. The van der Waals surface area contributed by atoms with Crippen molar-refractivity contribution in [2.75, 3.05) is 24.4 Å². The highest BCUT2D eigenvalue weighted by Gasteiger charge is 2.28. The van der Waals surface area contributed by atoms with E-state index in [-0.39, 0.29) is 30.9 Å². The Bertz CT molecular complexity index is 1080. The summed E-state index contributed by atoms with van der Waals surface area (Å²) in [6.45, 7) is -0.176. The van der Waals surface area contributed by atoms with Crippen LogP contribution < -0.4 is 20.1 Å². The Morgan fingerprint density at radius 1 is 1.27 bits per heavy atom. The summed E-state index contributed by atoms with van der Waals surface area (Å²) < 4.78 is 13.7. The second kappa shape index (κ2) is 8.54. The van der Waals surface area contributed by atoms with Gasteiger partial charge in [-0.2, -0.15) is 10.1 Å². The first kappa shape index (κ1) is 19.9. The van der Waals surface area contributed by atoms with Crippen LogP contribution in [0.25, 0.3) is 0 Å². The Hall–Kier alpha value is -3.40. The van der Waals surface area contributed by atoms with Crippen LogP contribution in [0.3, 0.4) is 0 Å². The van der Waals surface area contributed by atoms with Gasteiger partial charge in [-0.25, -0.2) is 4.68 Å². The molecule has 0 fully saturated rings. The highest BCUT2D eigenvalue weighted by Crippen LogP contribution is 2.34. The fourth-order valence-electron chi connectivity index (χ4n) is 3.15. The van der Waals surface area contributed by atoms with E-state index >= 15 is 0 Å². The van der Waals surface area contributed by atoms with Gasteiger partial charge in [0.05, 0.1) is 19.6 Å². The number of amides is 2. The van der Waals surface area contributed by atoms with E-state index in [1.165, 1.54) is 13.4 Å². The van der Waals surface area contributed by atoms with Crippen molar-refractivity contribution in [2.45, 2.75) is 12.5 Å². The molecule has 2 heterocycles. The zero-order valence-corrected chi connectivity index (χ0v) is 17.5. The number of carbonyl (C=O) groups excluding carboxylic acids is 2. The maximum Gasteiger partial charge on any atom is 0.262 e. The topological polar surface area (TPSA) is 107 Å². The van der Waals surface area contributed by atoms with E-state index in [1.54, 1.807) is 28.9 Å². The molecule has 9 nitrogen and oxygen atoms in total. The minimum absolute atomic E-state index is 0.135. The molecule has 0 saturated carbocycles. The number of hydrogen-bond donors (Lipinski definition) is 2. The van der Waals surface area contributed by atoms with Crippen molar-refractivity contribution in [3.05, 3.63) is 58.8 Å². The van der Waals surface area contributed by atoms with E-state index in [0.29, 0.717) is 23.1 Å². The fraction of sp³-hybridized carbons (Fsp3) is 0.200. The SMILES string of the molecule is COc1cc([C@@H]2CC(=O)Nc3ncnn32)ccc1OCC(=O)Nc1ccc(Br)cc1. The van der Waals surface area contributed by atoms with Gasteiger partial charge in [0.25, 0.3) is 5.91 Å². The molecule has 4 rings (SSSR count). The van der Waals surface area contributed by atoms with Crippen LogP contribution in [0.15, 0.2) is 53.3 Å². The number of benzene rings is 2. The molecular formula is C20H18BrN5O4. The maximum absolute atomic E-state index is 12.2. The van der Waals surface area contributed by atoms with Gasteiger partial charge in [0.1, 0.15) is 6.33 Å². The maximum atomic E-state index is 12.2. The number of anilines is 2. The molecule has 1 aliphatic heterocycles. The lowest BCUT2D eigenvalue weighted by Gasteiger charge is -2.24. The van der Waals surface area contributed by atoms with Crippen molar-refractivity contribution in [3.63, 3.8) is 0 Å². The molecule has 1 atom stereocenters. The first-order valence-electron chi connectivity index (χ1n) is 9.09. The van der Waals surface area contributed by atoms with Gasteiger partial charge in [0, 0.05) is 10.2 Å². The zero-order chi connectivity index (χ0) is 21.1. The summed E-state index contributed by atoms with van der Waals surface area (Å²) in [7, 11) is 1.52. The van der Waals surface area contributed by atoms with Crippen molar-refractivity contribution in [2.24, 2.45) is 0 Å². The number of aromatic nitrogens is 3. The smallest absolute Gasteiger partial charge is 0.262 e. The quantitative estimate of drug-likeness (QED) is 0.572. The summed E-state index contributed by atoms with van der Waals surface area (Å²) in [5.74, 6) is 0.854. The van der Waals surface area contributed by atoms with Crippen LogP contribution in [0.4, 0.5) is 11.6 Å². The van der Waals surface area contributed by atoms with Crippen LogP contribution in [0.5, 0.6) is 11.5 Å². The van der Waals surface area contributed by atoms with Crippen LogP contribution in [-0.4, -0.2) is 40.3 Å². The Labute approximate surface area is 180 Å². The molecular weight excluding hydrogens is 454 g/mol. The number of fused-ring (bicyclic) bond motifs is 1. The number of ether oxygens (including phenoxy) is 2. The number of rotatable bonds is 6. The summed E-state index contributed by atoms with van der Waals surface area (Å²) in [4.78, 5) is 28.2. The minimum Gasteiger partial charge on any atom is -0.493 e. The van der Waals surface area contributed by atoms with Crippen LogP contribution in [0.1, 0.15) is 18.0 Å². The van der Waals surface area contributed by atoms with Crippen LogP contribution in [0.2, 0.25) is 0 Å². The van der Waals surface area contributed by atoms with Crippen LogP contribution in [-0.2, 0) is 9.59 Å². The highest BCUT2D eigenvalue weighted by atomic mass is 79.9. The lowest BCUT2D eigenvalue weighted by molar-refractivity contribution is -0.118. The molecule has 1 aromatic heterocycles. The molecule has 2 amide bonds. The third-order valence-corrected chi connectivity index (χ3v) is 5.09. The average molecular weight is 472 g/mol. The van der Waals surface area contributed by atoms with E-state index < -0.39 is 0 Å². The molecule has 3 aromatic rings. The number of nitrogens with zero attached hydrogens (tertiary/aromatic N) is 3. The molecule has 0 spiro atoms. The van der Waals surface area contributed by atoms with Crippen molar-refractivity contribution in [3.8, 4) is 11.5 Å². The molecule has 2 N–H and O–H groups in total. The molecule has 0 unspecified atom stereocenters. The van der Waals surface area contributed by atoms with E-state index in [0.717, 1.165) is 10.0 Å². The number of nitrogens with one attached hydrogen (secondary N) is 2. The summed E-state index contributed by atoms with van der Waals surface area (Å²) in [5.41, 5.74) is 1.49. The number of hydrogen-bond acceptors (Lipinski definition) is 6. The van der Waals surface area contributed by atoms with Crippen LogP contribution >= 0.6 is 15.9 Å². The first-order valence-corrected chi connectivity index (χ1v) is 9.88. The van der Waals surface area contributed by atoms with Gasteiger partial charge in [-0.1, -0.05) is 22.0 Å². The van der Waals surface area contributed by atoms with E-state index in [4.69, 9.17) is 9.47 Å². The first-order chi connectivity index (χ1) is 14.5. The average Bonchev–Trinajstić information content (AvgIpc) is 3.21. The Morgan fingerprint density at radius 2 is 2.07 bits per heavy atom. The largest absolute Gasteiger partial charge is 0.493 e. The molecule has 0 aliphatic carbocycles.